The molecule has 2 aromatic heterocycles. The molecule has 0 saturated carbocycles. The van der Waals surface area contributed by atoms with E-state index in [0.29, 0.717) is 11.6 Å². The molecule has 18 heavy (non-hydrogen) atoms. The quantitative estimate of drug-likeness (QED) is 0.739. The van der Waals surface area contributed by atoms with Crippen molar-refractivity contribution in [1.29, 1.82) is 0 Å². The zero-order valence-corrected chi connectivity index (χ0v) is 9.74. The molecule has 3 rings (SSSR count). The van der Waals surface area contributed by atoms with Crippen molar-refractivity contribution < 1.29 is 4.74 Å². The van der Waals surface area contributed by atoms with Crippen LogP contribution in [0, 0.1) is 0 Å². The summed E-state index contributed by atoms with van der Waals surface area (Å²) < 4.78 is 7.20. The molecule has 0 fully saturated rings. The first kappa shape index (κ1) is 10.5. The van der Waals surface area contributed by atoms with Gasteiger partial charge in [-0.25, -0.2) is 9.97 Å². The van der Waals surface area contributed by atoms with Crippen LogP contribution in [0.25, 0.3) is 11.0 Å². The molecule has 1 aromatic carbocycles. The van der Waals surface area contributed by atoms with Gasteiger partial charge in [-0.05, 0) is 12.1 Å². The second kappa shape index (κ2) is 3.99. The number of nitrogens with two attached hydrogens (primary N) is 1. The van der Waals surface area contributed by atoms with Crippen LogP contribution in [0.1, 0.15) is 0 Å². The number of para-hydroxylation sites is 2. The number of benzene rings is 1. The fourth-order valence-electron chi connectivity index (χ4n) is 1.64. The summed E-state index contributed by atoms with van der Waals surface area (Å²) in [6.45, 7) is 0. The SMILES string of the molecule is Cn1cc(Oc2nc3ccccc3nc2N)cn1. The Morgan fingerprint density at radius 2 is 1.89 bits per heavy atom. The normalized spacial score (nSPS) is 10.7. The molecule has 0 aliphatic carbocycles. The van der Waals surface area contributed by atoms with Gasteiger partial charge in [0.2, 0.25) is 0 Å². The topological polar surface area (TPSA) is 78.8 Å². The Morgan fingerprint density at radius 1 is 1.17 bits per heavy atom. The molecule has 0 aliphatic rings. The van der Waals surface area contributed by atoms with Gasteiger partial charge in [-0.15, -0.1) is 0 Å². The van der Waals surface area contributed by atoms with E-state index in [4.69, 9.17) is 10.5 Å². The van der Waals surface area contributed by atoms with E-state index in [0.717, 1.165) is 11.0 Å². The Morgan fingerprint density at radius 3 is 2.56 bits per heavy atom. The molecule has 6 nitrogen and oxygen atoms in total. The van der Waals surface area contributed by atoms with Crippen LogP contribution in [0.3, 0.4) is 0 Å². The fourth-order valence-corrected chi connectivity index (χ4v) is 1.64. The van der Waals surface area contributed by atoms with Crippen LogP contribution in [-0.4, -0.2) is 19.7 Å². The Labute approximate surface area is 103 Å². The minimum absolute atomic E-state index is 0.262. The summed E-state index contributed by atoms with van der Waals surface area (Å²) in [6.07, 6.45) is 3.33. The molecule has 2 N–H and O–H groups in total. The first-order valence-electron chi connectivity index (χ1n) is 5.41. The van der Waals surface area contributed by atoms with Crippen LogP contribution in [0.5, 0.6) is 11.6 Å². The van der Waals surface area contributed by atoms with Crippen molar-refractivity contribution in [2.24, 2.45) is 7.05 Å². The molecule has 0 atom stereocenters. The monoisotopic (exact) mass is 241 g/mol. The van der Waals surface area contributed by atoms with Crippen molar-refractivity contribution in [2.75, 3.05) is 5.73 Å². The third-order valence-electron chi connectivity index (χ3n) is 2.46. The van der Waals surface area contributed by atoms with Crippen LogP contribution in [0.15, 0.2) is 36.7 Å². The van der Waals surface area contributed by atoms with Gasteiger partial charge in [0.25, 0.3) is 5.88 Å². The fraction of sp³-hybridized carbons (Fsp3) is 0.0833. The van der Waals surface area contributed by atoms with Gasteiger partial charge in [-0.3, -0.25) is 4.68 Å². The number of nitrogens with zero attached hydrogens (tertiary/aromatic N) is 4. The van der Waals surface area contributed by atoms with Crippen LogP contribution in [0.4, 0.5) is 5.82 Å². The molecular weight excluding hydrogens is 230 g/mol. The summed E-state index contributed by atoms with van der Waals surface area (Å²) in [6, 6.07) is 7.49. The highest BCUT2D eigenvalue weighted by atomic mass is 16.5. The molecule has 0 spiro atoms. The van der Waals surface area contributed by atoms with Gasteiger partial charge >= 0.3 is 0 Å². The van der Waals surface area contributed by atoms with E-state index in [1.807, 2.05) is 31.3 Å². The summed E-state index contributed by atoms with van der Waals surface area (Å²) in [5.74, 6) is 1.13. The van der Waals surface area contributed by atoms with Crippen molar-refractivity contribution >= 4 is 16.9 Å². The lowest BCUT2D eigenvalue weighted by molar-refractivity contribution is 0.465. The van der Waals surface area contributed by atoms with E-state index in [-0.39, 0.29) is 5.82 Å². The van der Waals surface area contributed by atoms with Gasteiger partial charge in [0, 0.05) is 7.05 Å². The second-order valence-electron chi connectivity index (χ2n) is 3.85. The van der Waals surface area contributed by atoms with Crippen molar-refractivity contribution in [3.8, 4) is 11.6 Å². The number of aromatic nitrogens is 4. The molecule has 0 saturated heterocycles. The molecule has 0 aliphatic heterocycles. The van der Waals surface area contributed by atoms with E-state index in [1.165, 1.54) is 0 Å². The molecule has 0 bridgehead atoms. The molecule has 90 valence electrons. The number of ether oxygens (including phenoxy) is 1. The lowest BCUT2D eigenvalue weighted by Crippen LogP contribution is -1.98. The molecule has 0 amide bonds. The first-order valence-corrected chi connectivity index (χ1v) is 5.41. The molecule has 0 unspecified atom stereocenters. The molecular formula is C12H11N5O. The van der Waals surface area contributed by atoms with E-state index < -0.39 is 0 Å². The van der Waals surface area contributed by atoms with Gasteiger partial charge in [0.05, 0.1) is 23.4 Å². The minimum atomic E-state index is 0.262. The number of aryl methyl sites for hydroxylation is 1. The van der Waals surface area contributed by atoms with Crippen LogP contribution in [-0.2, 0) is 7.05 Å². The minimum Gasteiger partial charge on any atom is -0.433 e. The lowest BCUT2D eigenvalue weighted by Gasteiger charge is -2.05. The number of rotatable bonds is 2. The third kappa shape index (κ3) is 1.84. The summed E-state index contributed by atoms with van der Waals surface area (Å²) >= 11 is 0. The van der Waals surface area contributed by atoms with E-state index in [2.05, 4.69) is 15.1 Å². The highest BCUT2D eigenvalue weighted by molar-refractivity contribution is 5.76. The van der Waals surface area contributed by atoms with Crippen LogP contribution in [0.2, 0.25) is 0 Å². The summed E-state index contributed by atoms with van der Waals surface area (Å²) in [5.41, 5.74) is 7.30. The average Bonchev–Trinajstić information content (AvgIpc) is 2.76. The zero-order chi connectivity index (χ0) is 12.5. The molecule has 3 aromatic rings. The van der Waals surface area contributed by atoms with Gasteiger partial charge in [-0.1, -0.05) is 12.1 Å². The smallest absolute Gasteiger partial charge is 0.263 e. The Balaban J connectivity index is 2.03. The van der Waals surface area contributed by atoms with Crippen LogP contribution >= 0.6 is 0 Å². The standard InChI is InChI=1S/C12H11N5O/c1-17-7-8(6-14-17)18-12-11(13)15-9-4-2-3-5-10(9)16-12/h2-7H,1H3,(H2,13,15). The van der Waals surface area contributed by atoms with Gasteiger partial charge < -0.3 is 10.5 Å². The maximum Gasteiger partial charge on any atom is 0.263 e. The van der Waals surface area contributed by atoms with E-state index in [9.17, 15) is 0 Å². The van der Waals surface area contributed by atoms with Crippen molar-refractivity contribution in [3.63, 3.8) is 0 Å². The summed E-state index contributed by atoms with van der Waals surface area (Å²) in [5, 5.41) is 4.01. The Kier molecular flexibility index (Phi) is 2.33. The summed E-state index contributed by atoms with van der Waals surface area (Å²) in [7, 11) is 1.81. The van der Waals surface area contributed by atoms with E-state index >= 15 is 0 Å². The zero-order valence-electron chi connectivity index (χ0n) is 9.74. The predicted octanol–water partition coefficient (Wildman–Crippen LogP) is 1.74. The van der Waals surface area contributed by atoms with E-state index in [1.54, 1.807) is 17.1 Å². The van der Waals surface area contributed by atoms with Gasteiger partial charge in [0.15, 0.2) is 11.6 Å². The van der Waals surface area contributed by atoms with Crippen molar-refractivity contribution in [1.82, 2.24) is 19.7 Å². The highest BCUT2D eigenvalue weighted by Crippen LogP contribution is 2.25. The number of anilines is 1. The number of hydrogen-bond acceptors (Lipinski definition) is 5. The Hall–Kier alpha value is -2.63. The largest absolute Gasteiger partial charge is 0.433 e. The average molecular weight is 241 g/mol. The number of nitrogen functional groups attached to an aromatic ring is 1. The van der Waals surface area contributed by atoms with Crippen molar-refractivity contribution in [3.05, 3.63) is 36.7 Å². The molecule has 0 radical (unpaired) electrons. The third-order valence-corrected chi connectivity index (χ3v) is 2.46. The maximum absolute atomic E-state index is 5.82. The second-order valence-corrected chi connectivity index (χ2v) is 3.85. The highest BCUT2D eigenvalue weighted by Gasteiger charge is 2.08. The predicted molar refractivity (Wildman–Crippen MR) is 67.2 cm³/mol. The first-order chi connectivity index (χ1) is 8.72. The lowest BCUT2D eigenvalue weighted by atomic mass is 10.3. The molecule has 6 heteroatoms. The number of fused-ring (bicyclic) bond motifs is 1. The molecule has 2 heterocycles. The maximum atomic E-state index is 5.82. The number of hydrogen-bond donors (Lipinski definition) is 1. The van der Waals surface area contributed by atoms with Crippen molar-refractivity contribution in [2.45, 2.75) is 0 Å². The van der Waals surface area contributed by atoms with Gasteiger partial charge in [-0.2, -0.15) is 5.10 Å². The Bertz CT molecular complexity index is 707. The summed E-state index contributed by atoms with van der Waals surface area (Å²) in [4.78, 5) is 8.57. The van der Waals surface area contributed by atoms with Gasteiger partial charge in [0.1, 0.15) is 0 Å². The van der Waals surface area contributed by atoms with Crippen LogP contribution < -0.4 is 10.5 Å².